The van der Waals surface area contributed by atoms with Gasteiger partial charge in [0.1, 0.15) is 18.1 Å². The van der Waals surface area contributed by atoms with Crippen LogP contribution < -0.4 is 9.47 Å². The molecule has 5 nitrogen and oxygen atoms in total. The van der Waals surface area contributed by atoms with Crippen molar-refractivity contribution < 1.29 is 19.0 Å². The van der Waals surface area contributed by atoms with E-state index in [-0.39, 0.29) is 34.9 Å². The molecule has 1 aliphatic heterocycles. The predicted octanol–water partition coefficient (Wildman–Crippen LogP) is 4.64. The molecule has 30 heavy (non-hydrogen) atoms. The molecule has 1 fully saturated rings. The summed E-state index contributed by atoms with van der Waals surface area (Å²) >= 11 is 5.37. The first-order chi connectivity index (χ1) is 14.4. The first-order valence-electron chi connectivity index (χ1n) is 10.1. The number of nitrogens with zero attached hydrogens (tertiary/aromatic N) is 1. The number of rotatable bonds is 7. The van der Waals surface area contributed by atoms with Crippen LogP contribution >= 0.6 is 12.2 Å². The molecule has 6 heteroatoms. The van der Waals surface area contributed by atoms with Gasteiger partial charge in [-0.15, -0.1) is 0 Å². The van der Waals surface area contributed by atoms with Gasteiger partial charge in [0.15, 0.2) is 0 Å². The Hall–Kier alpha value is -2.60. The molecular weight excluding hydrogens is 398 g/mol. The van der Waals surface area contributed by atoms with Crippen LogP contribution in [0.15, 0.2) is 48.5 Å². The minimum atomic E-state index is -0.340. The van der Waals surface area contributed by atoms with Gasteiger partial charge in [-0.05, 0) is 53.5 Å². The number of thiocarbonyl (C=S) groups is 1. The lowest BCUT2D eigenvalue weighted by atomic mass is 9.80. The van der Waals surface area contributed by atoms with Crippen LogP contribution in [0.4, 0.5) is 0 Å². The van der Waals surface area contributed by atoms with Crippen molar-refractivity contribution in [3.05, 3.63) is 59.7 Å². The second-order valence-electron chi connectivity index (χ2n) is 7.91. The van der Waals surface area contributed by atoms with Crippen LogP contribution in [0, 0.1) is 11.8 Å². The molecule has 1 amide bonds. The third kappa shape index (κ3) is 4.43. The molecule has 0 aromatic heterocycles. The molecule has 0 aliphatic carbocycles. The highest BCUT2D eigenvalue weighted by molar-refractivity contribution is 7.80. The zero-order chi connectivity index (χ0) is 21.8. The lowest BCUT2D eigenvalue weighted by Gasteiger charge is -2.31. The van der Waals surface area contributed by atoms with E-state index in [1.54, 1.807) is 19.1 Å². The van der Waals surface area contributed by atoms with E-state index in [1.165, 1.54) is 0 Å². The van der Waals surface area contributed by atoms with E-state index in [4.69, 9.17) is 26.4 Å². The lowest BCUT2D eigenvalue weighted by Crippen LogP contribution is -2.45. The number of benzene rings is 2. The van der Waals surface area contributed by atoms with Gasteiger partial charge in [-0.1, -0.05) is 45.0 Å². The van der Waals surface area contributed by atoms with Crippen LogP contribution in [0.5, 0.6) is 11.5 Å². The number of methoxy groups -OCH3 is 2. The Labute approximate surface area is 183 Å². The Bertz CT molecular complexity index is 832. The summed E-state index contributed by atoms with van der Waals surface area (Å²) in [6.45, 7) is 6.57. The Balaban J connectivity index is 1.99. The van der Waals surface area contributed by atoms with Gasteiger partial charge in [0, 0.05) is 11.8 Å². The monoisotopic (exact) mass is 427 g/mol. The topological polar surface area (TPSA) is 48.0 Å². The molecule has 0 unspecified atom stereocenters. The third-order valence-corrected chi connectivity index (χ3v) is 6.07. The molecule has 0 N–H and O–H groups in total. The molecule has 1 heterocycles. The van der Waals surface area contributed by atoms with E-state index in [0.29, 0.717) is 6.61 Å². The van der Waals surface area contributed by atoms with Crippen LogP contribution in [0.25, 0.3) is 0 Å². The first-order valence-corrected chi connectivity index (χ1v) is 10.6. The highest BCUT2D eigenvalue weighted by atomic mass is 32.1. The summed E-state index contributed by atoms with van der Waals surface area (Å²) in [5, 5.41) is 0.272. The normalized spacial score (nSPS) is 17.2. The molecule has 1 saturated heterocycles. The fraction of sp³-hybridized carbons (Fsp3) is 0.417. The van der Waals surface area contributed by atoms with Crippen molar-refractivity contribution in [3.8, 4) is 11.5 Å². The summed E-state index contributed by atoms with van der Waals surface area (Å²) in [5.41, 5.74) is 2.07. The summed E-state index contributed by atoms with van der Waals surface area (Å²) in [5.74, 6) is 1.30. The Morgan fingerprint density at radius 1 is 0.967 bits per heavy atom. The van der Waals surface area contributed by atoms with Crippen molar-refractivity contribution in [2.75, 3.05) is 20.8 Å². The van der Waals surface area contributed by atoms with Crippen LogP contribution in [-0.4, -0.2) is 42.8 Å². The number of ether oxygens (including phenoxy) is 3. The molecule has 160 valence electrons. The second-order valence-corrected chi connectivity index (χ2v) is 8.26. The molecule has 0 saturated carbocycles. The van der Waals surface area contributed by atoms with E-state index < -0.39 is 0 Å². The summed E-state index contributed by atoms with van der Waals surface area (Å²) in [7, 11) is 3.28. The zero-order valence-corrected chi connectivity index (χ0v) is 18.9. The van der Waals surface area contributed by atoms with Gasteiger partial charge < -0.3 is 14.2 Å². The van der Waals surface area contributed by atoms with Crippen molar-refractivity contribution in [1.29, 1.82) is 0 Å². The molecule has 2 aromatic carbocycles. The number of amides is 1. The molecule has 1 aliphatic rings. The van der Waals surface area contributed by atoms with Crippen molar-refractivity contribution in [3.63, 3.8) is 0 Å². The zero-order valence-electron chi connectivity index (χ0n) is 18.1. The molecule has 2 aromatic rings. The maximum absolute atomic E-state index is 13.6. The largest absolute Gasteiger partial charge is 0.497 e. The average Bonchev–Trinajstić information content (AvgIpc) is 3.16. The van der Waals surface area contributed by atoms with Crippen LogP contribution in [0.2, 0.25) is 0 Å². The summed E-state index contributed by atoms with van der Waals surface area (Å²) in [6.07, 6.45) is 0. The van der Waals surface area contributed by atoms with Crippen molar-refractivity contribution in [2.45, 2.75) is 32.7 Å². The molecule has 2 atom stereocenters. The molecule has 3 rings (SSSR count). The van der Waals surface area contributed by atoms with Gasteiger partial charge >= 0.3 is 0 Å². The van der Waals surface area contributed by atoms with Gasteiger partial charge in [-0.25, -0.2) is 0 Å². The highest BCUT2D eigenvalue weighted by Gasteiger charge is 2.41. The second kappa shape index (κ2) is 9.47. The quantitative estimate of drug-likeness (QED) is 0.603. The lowest BCUT2D eigenvalue weighted by molar-refractivity contribution is -0.133. The minimum Gasteiger partial charge on any atom is -0.497 e. The van der Waals surface area contributed by atoms with Crippen LogP contribution in [-0.2, 0) is 9.53 Å². The molecule has 0 radical (unpaired) electrons. The van der Waals surface area contributed by atoms with Gasteiger partial charge in [0.05, 0.1) is 20.3 Å². The highest BCUT2D eigenvalue weighted by Crippen LogP contribution is 2.36. The van der Waals surface area contributed by atoms with Crippen molar-refractivity contribution in [1.82, 2.24) is 4.90 Å². The minimum absolute atomic E-state index is 0.0205. The third-order valence-electron chi connectivity index (χ3n) is 5.75. The Morgan fingerprint density at radius 3 is 1.83 bits per heavy atom. The van der Waals surface area contributed by atoms with E-state index in [2.05, 4.69) is 13.8 Å². The number of hydrogen-bond donors (Lipinski definition) is 0. The van der Waals surface area contributed by atoms with E-state index in [9.17, 15) is 4.79 Å². The predicted molar refractivity (Wildman–Crippen MR) is 121 cm³/mol. The maximum atomic E-state index is 13.6. The molecule has 0 spiro atoms. The average molecular weight is 428 g/mol. The number of carbonyl (C=O) groups excluding carboxylic acids is 1. The maximum Gasteiger partial charge on any atom is 0.266 e. The summed E-state index contributed by atoms with van der Waals surface area (Å²) < 4.78 is 16.2. The molecular formula is C24H29NO4S. The van der Waals surface area contributed by atoms with Gasteiger partial charge in [0.2, 0.25) is 5.91 Å². The van der Waals surface area contributed by atoms with E-state index in [0.717, 1.165) is 22.6 Å². The van der Waals surface area contributed by atoms with E-state index in [1.807, 2.05) is 55.5 Å². The van der Waals surface area contributed by atoms with Crippen LogP contribution in [0.1, 0.15) is 37.8 Å². The van der Waals surface area contributed by atoms with Crippen molar-refractivity contribution >= 4 is 23.3 Å². The smallest absolute Gasteiger partial charge is 0.266 e. The molecule has 0 bridgehead atoms. The fourth-order valence-corrected chi connectivity index (χ4v) is 4.23. The standard InChI is InChI=1S/C24H29NO4S/c1-15(2)21-14-29-24(30)25(21)23(26)16(3)22(17-6-10-19(27-4)11-7-17)18-8-12-20(28-5)13-9-18/h6-13,15-16,21-22H,14H2,1-5H3/t16-,21-/m1/s1. The van der Waals surface area contributed by atoms with E-state index >= 15 is 0 Å². The SMILES string of the molecule is COc1ccc(C(c2ccc(OC)cc2)[C@@H](C)C(=O)N2C(=S)OC[C@@H]2C(C)C)cc1. The number of hydrogen-bond acceptors (Lipinski definition) is 5. The number of carbonyl (C=O) groups is 1. The summed E-state index contributed by atoms with van der Waals surface area (Å²) in [6, 6.07) is 15.7. The first kappa shape index (κ1) is 22.1. The summed E-state index contributed by atoms with van der Waals surface area (Å²) in [4.78, 5) is 15.3. The van der Waals surface area contributed by atoms with Gasteiger partial charge in [0.25, 0.3) is 5.17 Å². The Kier molecular flexibility index (Phi) is 6.98. The van der Waals surface area contributed by atoms with Crippen molar-refractivity contribution in [2.24, 2.45) is 11.8 Å². The van der Waals surface area contributed by atoms with Gasteiger partial charge in [-0.3, -0.25) is 9.69 Å². The van der Waals surface area contributed by atoms with Crippen LogP contribution in [0.3, 0.4) is 0 Å². The Morgan fingerprint density at radius 2 is 1.43 bits per heavy atom. The van der Waals surface area contributed by atoms with Gasteiger partial charge in [-0.2, -0.15) is 0 Å². The fourth-order valence-electron chi connectivity index (χ4n) is 3.93.